The van der Waals surface area contributed by atoms with E-state index in [2.05, 4.69) is 11.1 Å². The minimum Gasteiger partial charge on any atom is -0.480 e. The molecule has 24 heavy (non-hydrogen) atoms. The number of nitrogens with zero attached hydrogens (tertiary/aromatic N) is 1. The fraction of sp³-hybridized carbons (Fsp3) is 0.474. The molecule has 1 aliphatic carbocycles. The largest absolute Gasteiger partial charge is 0.480 e. The predicted molar refractivity (Wildman–Crippen MR) is 91.1 cm³/mol. The van der Waals surface area contributed by atoms with Crippen LogP contribution < -0.4 is 0 Å². The van der Waals surface area contributed by atoms with Crippen LogP contribution in [0.15, 0.2) is 18.2 Å². The Morgan fingerprint density at radius 2 is 2.00 bits per heavy atom. The Morgan fingerprint density at radius 3 is 2.75 bits per heavy atom. The number of hydrogen-bond acceptors (Lipinski definition) is 2. The van der Waals surface area contributed by atoms with Crippen LogP contribution in [-0.4, -0.2) is 39.5 Å². The standard InChI is InChI=1S/C19H22N2O3/c1-10-6-11(2)14-8-16(20-15(14)7-10)18(22)21-9-12-4-3-5-13(12)17(21)19(23)24/h6-8,12-13,17,20H,3-5,9H2,1-2H3,(H,23,24). The van der Waals surface area contributed by atoms with E-state index in [0.29, 0.717) is 18.2 Å². The number of aliphatic carboxylic acids is 1. The van der Waals surface area contributed by atoms with Crippen LogP contribution in [0.1, 0.15) is 40.9 Å². The molecule has 2 fully saturated rings. The second kappa shape index (κ2) is 5.36. The van der Waals surface area contributed by atoms with Crippen molar-refractivity contribution in [3.8, 4) is 0 Å². The van der Waals surface area contributed by atoms with Crippen molar-refractivity contribution < 1.29 is 14.7 Å². The van der Waals surface area contributed by atoms with Crippen LogP contribution in [0.5, 0.6) is 0 Å². The summed E-state index contributed by atoms with van der Waals surface area (Å²) < 4.78 is 0. The molecule has 1 saturated carbocycles. The molecule has 0 bridgehead atoms. The van der Waals surface area contributed by atoms with Gasteiger partial charge in [-0.15, -0.1) is 0 Å². The third-order valence-electron chi connectivity index (χ3n) is 5.72. The van der Waals surface area contributed by atoms with Gasteiger partial charge in [0.25, 0.3) is 5.91 Å². The Morgan fingerprint density at radius 1 is 1.21 bits per heavy atom. The molecule has 126 valence electrons. The van der Waals surface area contributed by atoms with Gasteiger partial charge in [0.05, 0.1) is 0 Å². The summed E-state index contributed by atoms with van der Waals surface area (Å²) in [5.74, 6) is -0.617. The normalized spacial score (nSPS) is 26.1. The number of aryl methyl sites for hydroxylation is 2. The molecule has 2 aromatic rings. The van der Waals surface area contributed by atoms with Crippen LogP contribution in [-0.2, 0) is 4.79 Å². The van der Waals surface area contributed by atoms with Crippen LogP contribution in [0, 0.1) is 25.7 Å². The van der Waals surface area contributed by atoms with E-state index in [1.54, 1.807) is 4.90 Å². The first-order valence-corrected chi connectivity index (χ1v) is 8.59. The van der Waals surface area contributed by atoms with E-state index in [4.69, 9.17) is 0 Å². The molecule has 1 amide bonds. The first-order valence-electron chi connectivity index (χ1n) is 8.59. The molecular weight excluding hydrogens is 304 g/mol. The third-order valence-corrected chi connectivity index (χ3v) is 5.72. The number of rotatable bonds is 2. The van der Waals surface area contributed by atoms with E-state index in [1.807, 2.05) is 26.0 Å². The van der Waals surface area contributed by atoms with Gasteiger partial charge < -0.3 is 15.0 Å². The number of likely N-dealkylation sites (tertiary alicyclic amines) is 1. The quantitative estimate of drug-likeness (QED) is 0.890. The van der Waals surface area contributed by atoms with Gasteiger partial charge in [-0.25, -0.2) is 4.79 Å². The predicted octanol–water partition coefficient (Wildman–Crippen LogP) is 3.11. The maximum Gasteiger partial charge on any atom is 0.326 e. The second-order valence-corrected chi connectivity index (χ2v) is 7.32. The molecule has 2 heterocycles. The molecule has 1 saturated heterocycles. The van der Waals surface area contributed by atoms with E-state index in [0.717, 1.165) is 41.3 Å². The maximum atomic E-state index is 13.0. The summed E-state index contributed by atoms with van der Waals surface area (Å²) in [6, 6.07) is 5.29. The van der Waals surface area contributed by atoms with Gasteiger partial charge in [-0.05, 0) is 61.8 Å². The Labute approximate surface area is 140 Å². The minimum atomic E-state index is -0.874. The van der Waals surface area contributed by atoms with Gasteiger partial charge in [-0.3, -0.25) is 4.79 Å². The summed E-state index contributed by atoms with van der Waals surface area (Å²) in [6.45, 7) is 4.61. The fourth-order valence-corrected chi connectivity index (χ4v) is 4.70. The molecule has 3 atom stereocenters. The smallest absolute Gasteiger partial charge is 0.326 e. The zero-order valence-corrected chi connectivity index (χ0v) is 14.0. The number of nitrogens with one attached hydrogen (secondary N) is 1. The average molecular weight is 326 g/mol. The van der Waals surface area contributed by atoms with Gasteiger partial charge in [0, 0.05) is 17.4 Å². The first-order chi connectivity index (χ1) is 11.5. The summed E-state index contributed by atoms with van der Waals surface area (Å²) in [5.41, 5.74) is 3.68. The molecule has 0 spiro atoms. The highest BCUT2D eigenvalue weighted by atomic mass is 16.4. The molecule has 3 unspecified atom stereocenters. The number of H-pyrrole nitrogens is 1. The molecule has 2 aliphatic rings. The molecule has 5 heteroatoms. The van der Waals surface area contributed by atoms with E-state index in [1.165, 1.54) is 0 Å². The number of carbonyl (C=O) groups is 2. The molecular formula is C19H22N2O3. The summed E-state index contributed by atoms with van der Waals surface area (Å²) in [5, 5.41) is 10.7. The number of carboxylic acid groups (broad SMARTS) is 1. The van der Waals surface area contributed by atoms with Crippen LogP contribution in [0.4, 0.5) is 0 Å². The Balaban J connectivity index is 1.70. The van der Waals surface area contributed by atoms with Gasteiger partial charge in [0.15, 0.2) is 0 Å². The number of aromatic nitrogens is 1. The molecule has 1 aliphatic heterocycles. The molecule has 5 nitrogen and oxygen atoms in total. The Hall–Kier alpha value is -2.30. The number of carboxylic acids is 1. The minimum absolute atomic E-state index is 0.111. The van der Waals surface area contributed by atoms with E-state index in [9.17, 15) is 14.7 Å². The van der Waals surface area contributed by atoms with Crippen molar-refractivity contribution in [2.75, 3.05) is 6.54 Å². The van der Waals surface area contributed by atoms with E-state index in [-0.39, 0.29) is 11.8 Å². The summed E-state index contributed by atoms with van der Waals surface area (Å²) >= 11 is 0. The van der Waals surface area contributed by atoms with Crippen molar-refractivity contribution in [1.29, 1.82) is 0 Å². The number of aromatic amines is 1. The lowest BCUT2D eigenvalue weighted by molar-refractivity contribution is -0.142. The zero-order valence-electron chi connectivity index (χ0n) is 14.0. The van der Waals surface area contributed by atoms with Crippen LogP contribution in [0.2, 0.25) is 0 Å². The van der Waals surface area contributed by atoms with Gasteiger partial charge in [-0.2, -0.15) is 0 Å². The van der Waals surface area contributed by atoms with Crippen molar-refractivity contribution in [3.05, 3.63) is 35.0 Å². The van der Waals surface area contributed by atoms with Crippen LogP contribution in [0.3, 0.4) is 0 Å². The number of carbonyl (C=O) groups excluding carboxylic acids is 1. The number of benzene rings is 1. The Bertz CT molecular complexity index is 838. The van der Waals surface area contributed by atoms with Gasteiger partial charge in [0.2, 0.25) is 0 Å². The summed E-state index contributed by atoms with van der Waals surface area (Å²) in [6.07, 6.45) is 3.02. The Kier molecular flexibility index (Phi) is 3.41. The van der Waals surface area contributed by atoms with Crippen LogP contribution >= 0.6 is 0 Å². The molecule has 2 N–H and O–H groups in total. The summed E-state index contributed by atoms with van der Waals surface area (Å²) in [7, 11) is 0. The fourth-order valence-electron chi connectivity index (χ4n) is 4.70. The van der Waals surface area contributed by atoms with Crippen molar-refractivity contribution in [1.82, 2.24) is 9.88 Å². The first kappa shape index (κ1) is 15.2. The van der Waals surface area contributed by atoms with Crippen molar-refractivity contribution in [3.63, 3.8) is 0 Å². The monoisotopic (exact) mass is 326 g/mol. The van der Waals surface area contributed by atoms with Crippen molar-refractivity contribution >= 4 is 22.8 Å². The van der Waals surface area contributed by atoms with Crippen LogP contribution in [0.25, 0.3) is 10.9 Å². The third kappa shape index (κ3) is 2.22. The molecule has 1 aromatic heterocycles. The number of hydrogen-bond donors (Lipinski definition) is 2. The number of fused-ring (bicyclic) bond motifs is 2. The van der Waals surface area contributed by atoms with Gasteiger partial charge in [-0.1, -0.05) is 12.5 Å². The lowest BCUT2D eigenvalue weighted by Gasteiger charge is -2.23. The highest BCUT2D eigenvalue weighted by molar-refractivity contribution is 6.00. The lowest BCUT2D eigenvalue weighted by Crippen LogP contribution is -2.43. The van der Waals surface area contributed by atoms with Gasteiger partial charge in [0.1, 0.15) is 11.7 Å². The SMILES string of the molecule is Cc1cc(C)c2cc(C(=O)N3CC4CCCC4C3C(=O)O)[nH]c2c1. The van der Waals surface area contributed by atoms with Crippen molar-refractivity contribution in [2.45, 2.75) is 39.2 Å². The molecule has 1 aromatic carbocycles. The van der Waals surface area contributed by atoms with E-state index < -0.39 is 12.0 Å². The van der Waals surface area contributed by atoms with Crippen molar-refractivity contribution in [2.24, 2.45) is 11.8 Å². The van der Waals surface area contributed by atoms with E-state index >= 15 is 0 Å². The zero-order chi connectivity index (χ0) is 17.0. The molecule has 0 radical (unpaired) electrons. The number of amides is 1. The maximum absolute atomic E-state index is 13.0. The summed E-state index contributed by atoms with van der Waals surface area (Å²) in [4.78, 5) is 29.5. The lowest BCUT2D eigenvalue weighted by atomic mass is 9.94. The average Bonchev–Trinajstić information content (AvgIpc) is 3.18. The topological polar surface area (TPSA) is 73.4 Å². The highest BCUT2D eigenvalue weighted by Crippen LogP contribution is 2.42. The van der Waals surface area contributed by atoms with Gasteiger partial charge >= 0.3 is 5.97 Å². The second-order valence-electron chi connectivity index (χ2n) is 7.32. The highest BCUT2D eigenvalue weighted by Gasteiger charge is 2.49. The molecule has 4 rings (SSSR count).